The summed E-state index contributed by atoms with van der Waals surface area (Å²) in [4.78, 5) is 11.2. The van der Waals surface area contributed by atoms with Crippen LogP contribution in [0.5, 0.6) is 5.88 Å². The molecule has 2 aliphatic rings. The van der Waals surface area contributed by atoms with E-state index in [4.69, 9.17) is 4.74 Å². The zero-order valence-electron chi connectivity index (χ0n) is 13.1. The Kier molecular flexibility index (Phi) is 4.58. The Morgan fingerprint density at radius 2 is 2.19 bits per heavy atom. The van der Waals surface area contributed by atoms with E-state index in [1.165, 1.54) is 25.7 Å². The minimum atomic E-state index is 0.131. The van der Waals surface area contributed by atoms with Crippen LogP contribution in [0.2, 0.25) is 0 Å². The lowest BCUT2D eigenvalue weighted by Crippen LogP contribution is -2.40. The molecule has 0 bridgehead atoms. The molecule has 0 radical (unpaired) electrons. The summed E-state index contributed by atoms with van der Waals surface area (Å²) < 4.78 is 5.65. The van der Waals surface area contributed by atoms with Crippen molar-refractivity contribution in [1.29, 1.82) is 0 Å². The normalized spacial score (nSPS) is 22.6. The largest absolute Gasteiger partial charge is 0.474 e. The van der Waals surface area contributed by atoms with E-state index in [0.29, 0.717) is 5.88 Å². The van der Waals surface area contributed by atoms with E-state index in [0.717, 1.165) is 37.4 Å². The lowest BCUT2D eigenvalue weighted by molar-refractivity contribution is 0.231. The van der Waals surface area contributed by atoms with E-state index in [-0.39, 0.29) is 6.10 Å². The summed E-state index contributed by atoms with van der Waals surface area (Å²) in [7, 11) is 0. The van der Waals surface area contributed by atoms with Crippen LogP contribution in [-0.2, 0) is 0 Å². The van der Waals surface area contributed by atoms with Gasteiger partial charge in [0.1, 0.15) is 0 Å². The van der Waals surface area contributed by atoms with E-state index in [2.05, 4.69) is 20.2 Å². The van der Waals surface area contributed by atoms with Gasteiger partial charge in [0.25, 0.3) is 0 Å². The Bertz CT molecular complexity index is 461. The molecule has 5 heteroatoms. The van der Waals surface area contributed by atoms with Gasteiger partial charge in [-0.2, -0.15) is 4.98 Å². The Labute approximate surface area is 127 Å². The van der Waals surface area contributed by atoms with Crippen molar-refractivity contribution in [2.24, 2.45) is 5.92 Å². The fourth-order valence-electron chi connectivity index (χ4n) is 2.85. The van der Waals surface area contributed by atoms with E-state index >= 15 is 0 Å². The fourth-order valence-corrected chi connectivity index (χ4v) is 2.85. The highest BCUT2D eigenvalue weighted by molar-refractivity contribution is 5.38. The Balaban J connectivity index is 1.59. The van der Waals surface area contributed by atoms with Crippen molar-refractivity contribution in [3.05, 3.63) is 12.4 Å². The van der Waals surface area contributed by atoms with Crippen molar-refractivity contribution in [1.82, 2.24) is 15.3 Å². The van der Waals surface area contributed by atoms with Gasteiger partial charge >= 0.3 is 0 Å². The van der Waals surface area contributed by atoms with Gasteiger partial charge in [-0.05, 0) is 52.0 Å². The summed E-state index contributed by atoms with van der Waals surface area (Å²) >= 11 is 0. The minimum Gasteiger partial charge on any atom is -0.474 e. The van der Waals surface area contributed by atoms with E-state index in [1.807, 2.05) is 20.0 Å². The van der Waals surface area contributed by atoms with Crippen LogP contribution in [-0.4, -0.2) is 41.7 Å². The second-order valence-corrected chi connectivity index (χ2v) is 6.52. The molecule has 3 rings (SSSR count). The van der Waals surface area contributed by atoms with E-state index < -0.39 is 0 Å². The Hall–Kier alpha value is -1.36. The van der Waals surface area contributed by atoms with Crippen LogP contribution in [0.15, 0.2) is 12.4 Å². The molecule has 1 unspecified atom stereocenters. The second kappa shape index (κ2) is 6.60. The number of anilines is 1. The zero-order valence-corrected chi connectivity index (χ0v) is 13.1. The van der Waals surface area contributed by atoms with Crippen molar-refractivity contribution in [3.8, 4) is 5.88 Å². The third-order valence-electron chi connectivity index (χ3n) is 4.07. The van der Waals surface area contributed by atoms with Gasteiger partial charge < -0.3 is 15.0 Å². The van der Waals surface area contributed by atoms with Gasteiger partial charge in [0, 0.05) is 19.1 Å². The summed E-state index contributed by atoms with van der Waals surface area (Å²) in [6.07, 6.45) is 8.93. The lowest BCUT2D eigenvalue weighted by Gasteiger charge is -2.33. The van der Waals surface area contributed by atoms with Crippen LogP contribution in [0.1, 0.15) is 39.5 Å². The molecule has 1 atom stereocenters. The predicted molar refractivity (Wildman–Crippen MR) is 83.8 cm³/mol. The lowest BCUT2D eigenvalue weighted by atomic mass is 9.98. The second-order valence-electron chi connectivity index (χ2n) is 6.52. The Morgan fingerprint density at radius 3 is 2.95 bits per heavy atom. The number of nitrogens with zero attached hydrogens (tertiary/aromatic N) is 3. The molecule has 1 N–H and O–H groups in total. The van der Waals surface area contributed by atoms with Crippen molar-refractivity contribution in [3.63, 3.8) is 0 Å². The molecule has 2 heterocycles. The van der Waals surface area contributed by atoms with Gasteiger partial charge in [0.05, 0.1) is 18.5 Å². The maximum absolute atomic E-state index is 5.65. The molecule has 21 heavy (non-hydrogen) atoms. The Morgan fingerprint density at radius 1 is 1.33 bits per heavy atom. The number of aromatic nitrogens is 2. The van der Waals surface area contributed by atoms with Crippen LogP contribution in [0.25, 0.3) is 0 Å². The summed E-state index contributed by atoms with van der Waals surface area (Å²) in [6.45, 7) is 7.29. The molecule has 0 spiro atoms. The molecule has 1 saturated heterocycles. The first-order chi connectivity index (χ1) is 10.2. The van der Waals surface area contributed by atoms with Gasteiger partial charge in [0.15, 0.2) is 5.82 Å². The average Bonchev–Trinajstić information content (AvgIpc) is 3.29. The van der Waals surface area contributed by atoms with Gasteiger partial charge in [-0.15, -0.1) is 0 Å². The smallest absolute Gasteiger partial charge is 0.234 e. The molecule has 116 valence electrons. The van der Waals surface area contributed by atoms with E-state index in [9.17, 15) is 0 Å². The summed E-state index contributed by atoms with van der Waals surface area (Å²) in [5.41, 5.74) is 0. The maximum Gasteiger partial charge on any atom is 0.234 e. The molecule has 1 saturated carbocycles. The molecule has 1 aromatic rings. The van der Waals surface area contributed by atoms with Crippen molar-refractivity contribution in [2.45, 2.75) is 51.7 Å². The molecule has 0 amide bonds. The van der Waals surface area contributed by atoms with Gasteiger partial charge in [-0.3, -0.25) is 4.98 Å². The molecule has 5 nitrogen and oxygen atoms in total. The molecule has 1 aliphatic carbocycles. The van der Waals surface area contributed by atoms with Gasteiger partial charge in [-0.25, -0.2) is 0 Å². The third-order valence-corrected chi connectivity index (χ3v) is 4.07. The third kappa shape index (κ3) is 4.30. The number of hydrogen-bond acceptors (Lipinski definition) is 5. The topological polar surface area (TPSA) is 50.3 Å². The number of nitrogens with one attached hydrogen (secondary N) is 1. The standard InChI is InChI=1S/C16H26N4O/c1-12(2)21-16-10-17-9-15(19-16)20-7-3-4-13(11-20)8-18-14-5-6-14/h9-10,12-14,18H,3-8,11H2,1-2H3. The van der Waals surface area contributed by atoms with Crippen LogP contribution in [0, 0.1) is 5.92 Å². The first kappa shape index (κ1) is 14.6. The maximum atomic E-state index is 5.65. The number of ether oxygens (including phenoxy) is 1. The number of rotatable bonds is 6. The SMILES string of the molecule is CC(C)Oc1cncc(N2CCCC(CNC3CC3)C2)n1. The highest BCUT2D eigenvalue weighted by Crippen LogP contribution is 2.24. The summed E-state index contributed by atoms with van der Waals surface area (Å²) in [6, 6.07) is 0.794. The average molecular weight is 290 g/mol. The summed E-state index contributed by atoms with van der Waals surface area (Å²) in [5.74, 6) is 2.29. The van der Waals surface area contributed by atoms with Crippen molar-refractivity contribution < 1.29 is 4.74 Å². The van der Waals surface area contributed by atoms with Crippen molar-refractivity contribution in [2.75, 3.05) is 24.5 Å². The zero-order chi connectivity index (χ0) is 14.7. The highest BCUT2D eigenvalue weighted by Gasteiger charge is 2.25. The molecule has 1 aliphatic heterocycles. The number of hydrogen-bond donors (Lipinski definition) is 1. The van der Waals surface area contributed by atoms with Crippen molar-refractivity contribution >= 4 is 5.82 Å². The predicted octanol–water partition coefficient (Wildman–Crippen LogP) is 2.23. The minimum absolute atomic E-state index is 0.131. The number of piperidine rings is 1. The highest BCUT2D eigenvalue weighted by atomic mass is 16.5. The van der Waals surface area contributed by atoms with Crippen LogP contribution < -0.4 is 15.0 Å². The van der Waals surface area contributed by atoms with Gasteiger partial charge in [-0.1, -0.05) is 0 Å². The van der Waals surface area contributed by atoms with Crippen LogP contribution in [0.3, 0.4) is 0 Å². The fraction of sp³-hybridized carbons (Fsp3) is 0.750. The van der Waals surface area contributed by atoms with E-state index in [1.54, 1.807) is 6.20 Å². The summed E-state index contributed by atoms with van der Waals surface area (Å²) in [5, 5.41) is 3.65. The van der Waals surface area contributed by atoms with Gasteiger partial charge in [0.2, 0.25) is 5.88 Å². The first-order valence-electron chi connectivity index (χ1n) is 8.18. The monoisotopic (exact) mass is 290 g/mol. The first-order valence-corrected chi connectivity index (χ1v) is 8.18. The quantitative estimate of drug-likeness (QED) is 0.870. The molecular formula is C16H26N4O. The molecule has 1 aromatic heterocycles. The van der Waals surface area contributed by atoms with Crippen LogP contribution >= 0.6 is 0 Å². The molecule has 2 fully saturated rings. The molecular weight excluding hydrogens is 264 g/mol. The molecule has 0 aromatic carbocycles. The van der Waals surface area contributed by atoms with Crippen LogP contribution in [0.4, 0.5) is 5.82 Å².